The van der Waals surface area contributed by atoms with Crippen molar-refractivity contribution in [3.63, 3.8) is 0 Å². The van der Waals surface area contributed by atoms with Crippen LogP contribution in [0, 0.1) is 12.8 Å². The second kappa shape index (κ2) is 7.03. The first-order valence-corrected chi connectivity index (χ1v) is 9.25. The fraction of sp³-hybridized carbons (Fsp3) is 0.450. The quantitative estimate of drug-likeness (QED) is 0.856. The summed E-state index contributed by atoms with van der Waals surface area (Å²) in [7, 11) is 0. The van der Waals surface area contributed by atoms with Crippen molar-refractivity contribution in [2.45, 2.75) is 38.6 Å². The molecular weight excluding hydrogens is 330 g/mol. The third-order valence-corrected chi connectivity index (χ3v) is 5.08. The van der Waals surface area contributed by atoms with E-state index in [1.165, 1.54) is 4.90 Å². The normalized spacial score (nSPS) is 20.0. The van der Waals surface area contributed by atoms with Crippen LogP contribution in [0.4, 0.5) is 0 Å². The molecule has 2 heterocycles. The van der Waals surface area contributed by atoms with Gasteiger partial charge in [-0.3, -0.25) is 14.5 Å². The maximum absolute atomic E-state index is 13.0. The van der Waals surface area contributed by atoms with E-state index in [4.69, 9.17) is 4.52 Å². The minimum atomic E-state index is -0.342. The van der Waals surface area contributed by atoms with Gasteiger partial charge in [0.05, 0.1) is 5.92 Å². The molecule has 1 N–H and O–H groups in total. The van der Waals surface area contributed by atoms with Crippen LogP contribution in [0.1, 0.15) is 41.7 Å². The molecule has 136 valence electrons. The van der Waals surface area contributed by atoms with Gasteiger partial charge in [-0.1, -0.05) is 35.0 Å². The summed E-state index contributed by atoms with van der Waals surface area (Å²) in [6.45, 7) is 3.59. The van der Waals surface area contributed by atoms with E-state index in [1.807, 2.05) is 31.2 Å². The molecule has 2 amide bonds. The first-order valence-electron chi connectivity index (χ1n) is 9.25. The number of aryl methyl sites for hydroxylation is 1. The average molecular weight is 353 g/mol. The summed E-state index contributed by atoms with van der Waals surface area (Å²) < 4.78 is 5.37. The average Bonchev–Trinajstić information content (AvgIpc) is 3.37. The highest BCUT2D eigenvalue weighted by Gasteiger charge is 2.41. The Morgan fingerprint density at radius 1 is 1.19 bits per heavy atom. The lowest BCUT2D eigenvalue weighted by Gasteiger charge is -2.28. The first-order chi connectivity index (χ1) is 12.6. The van der Waals surface area contributed by atoms with Crippen molar-refractivity contribution < 1.29 is 14.1 Å². The molecule has 1 aliphatic heterocycles. The van der Waals surface area contributed by atoms with Crippen LogP contribution in [-0.2, 0) is 4.79 Å². The first kappa shape index (κ1) is 17.0. The number of rotatable bonds is 4. The lowest BCUT2D eigenvalue weighted by molar-refractivity contribution is -0.133. The smallest absolute Gasteiger partial charge is 0.282 e. The summed E-state index contributed by atoms with van der Waals surface area (Å²) in [4.78, 5) is 27.3. The molecule has 1 aliphatic carbocycles. The molecule has 1 saturated heterocycles. The van der Waals surface area contributed by atoms with E-state index in [0.717, 1.165) is 43.4 Å². The summed E-state index contributed by atoms with van der Waals surface area (Å²) in [5.74, 6) is -0.0116. The minimum absolute atomic E-state index is 0.0106. The molecule has 6 heteroatoms. The van der Waals surface area contributed by atoms with Gasteiger partial charge in [0, 0.05) is 24.2 Å². The van der Waals surface area contributed by atoms with Crippen molar-refractivity contribution in [1.29, 1.82) is 0 Å². The number of amides is 2. The molecule has 2 aliphatic rings. The van der Waals surface area contributed by atoms with E-state index in [2.05, 4.69) is 10.5 Å². The van der Waals surface area contributed by atoms with Crippen LogP contribution in [0.3, 0.4) is 0 Å². The molecular formula is C20H23N3O3. The van der Waals surface area contributed by atoms with Gasteiger partial charge in [0.15, 0.2) is 11.5 Å². The fourth-order valence-electron chi connectivity index (χ4n) is 3.39. The molecule has 1 aromatic heterocycles. The number of nitrogens with zero attached hydrogens (tertiary/aromatic N) is 2. The number of carbonyl (C=O) groups excluding carboxylic acids is 2. The zero-order valence-electron chi connectivity index (χ0n) is 14.9. The maximum Gasteiger partial charge on any atom is 0.282 e. The Morgan fingerprint density at radius 3 is 2.62 bits per heavy atom. The van der Waals surface area contributed by atoms with Crippen molar-refractivity contribution in [3.8, 4) is 11.3 Å². The molecule has 2 fully saturated rings. The van der Waals surface area contributed by atoms with E-state index in [9.17, 15) is 9.59 Å². The second-order valence-electron chi connectivity index (χ2n) is 7.23. The van der Waals surface area contributed by atoms with Crippen molar-refractivity contribution in [2.75, 3.05) is 13.1 Å². The molecule has 1 saturated carbocycles. The second-order valence-corrected chi connectivity index (χ2v) is 7.23. The lowest BCUT2D eigenvalue weighted by Crippen LogP contribution is -2.46. The number of piperidine rings is 1. The Hall–Kier alpha value is -2.47. The molecule has 6 nitrogen and oxygen atoms in total. The van der Waals surface area contributed by atoms with Crippen LogP contribution >= 0.6 is 0 Å². The summed E-state index contributed by atoms with van der Waals surface area (Å²) >= 11 is 0. The van der Waals surface area contributed by atoms with Gasteiger partial charge in [-0.2, -0.15) is 0 Å². The molecule has 4 rings (SSSR count). The van der Waals surface area contributed by atoms with Gasteiger partial charge in [0.25, 0.3) is 5.91 Å². The van der Waals surface area contributed by atoms with E-state index in [1.54, 1.807) is 6.07 Å². The molecule has 1 atom stereocenters. The van der Waals surface area contributed by atoms with E-state index in [0.29, 0.717) is 12.3 Å². The Kier molecular flexibility index (Phi) is 4.59. The van der Waals surface area contributed by atoms with Crippen molar-refractivity contribution in [3.05, 3.63) is 41.6 Å². The van der Waals surface area contributed by atoms with Gasteiger partial charge in [-0.15, -0.1) is 0 Å². The van der Waals surface area contributed by atoms with Crippen LogP contribution in [0.15, 0.2) is 34.9 Å². The minimum Gasteiger partial charge on any atom is -0.355 e. The van der Waals surface area contributed by atoms with Crippen molar-refractivity contribution >= 4 is 11.8 Å². The number of aromatic nitrogens is 1. The Balaban J connectivity index is 1.55. The Morgan fingerprint density at radius 2 is 1.96 bits per heavy atom. The maximum atomic E-state index is 13.0. The van der Waals surface area contributed by atoms with Crippen molar-refractivity contribution in [1.82, 2.24) is 15.4 Å². The summed E-state index contributed by atoms with van der Waals surface area (Å²) in [5, 5.41) is 7.19. The summed E-state index contributed by atoms with van der Waals surface area (Å²) in [6.07, 6.45) is 3.54. The van der Waals surface area contributed by atoms with Crippen LogP contribution in [0.5, 0.6) is 0 Å². The molecule has 0 bridgehead atoms. The number of hydrogen-bond acceptors (Lipinski definition) is 5. The van der Waals surface area contributed by atoms with Gasteiger partial charge < -0.3 is 9.84 Å². The van der Waals surface area contributed by atoms with Crippen molar-refractivity contribution in [2.24, 2.45) is 5.92 Å². The van der Waals surface area contributed by atoms with E-state index < -0.39 is 0 Å². The molecule has 1 aromatic carbocycles. The molecule has 2 aromatic rings. The van der Waals surface area contributed by atoms with E-state index in [-0.39, 0.29) is 29.5 Å². The SMILES string of the molecule is Cc1ccc(-c2cc(C(=O)N(C(=O)C3CCCNC3)C3CC3)no2)cc1. The van der Waals surface area contributed by atoms with Crippen LogP contribution in [0.25, 0.3) is 11.3 Å². The Labute approximate surface area is 152 Å². The zero-order chi connectivity index (χ0) is 18.1. The largest absolute Gasteiger partial charge is 0.355 e. The van der Waals surface area contributed by atoms with E-state index >= 15 is 0 Å². The van der Waals surface area contributed by atoms with Gasteiger partial charge in [0.2, 0.25) is 5.91 Å². The Bertz CT molecular complexity index is 802. The molecule has 0 spiro atoms. The van der Waals surface area contributed by atoms with Gasteiger partial charge in [0.1, 0.15) is 0 Å². The summed E-state index contributed by atoms with van der Waals surface area (Å²) in [6, 6.07) is 9.47. The standard InChI is InChI=1S/C20H23N3O3/c1-13-4-6-14(7-5-13)18-11-17(22-26-18)20(25)23(16-8-9-16)19(24)15-3-2-10-21-12-15/h4-7,11,15-16,21H,2-3,8-10,12H2,1H3. The number of benzene rings is 1. The summed E-state index contributed by atoms with van der Waals surface area (Å²) in [5.41, 5.74) is 2.21. The highest BCUT2D eigenvalue weighted by Crippen LogP contribution is 2.31. The number of hydrogen-bond donors (Lipinski definition) is 1. The van der Waals surface area contributed by atoms with Crippen LogP contribution in [0.2, 0.25) is 0 Å². The molecule has 1 unspecified atom stereocenters. The highest BCUT2D eigenvalue weighted by atomic mass is 16.5. The zero-order valence-corrected chi connectivity index (χ0v) is 14.9. The highest BCUT2D eigenvalue weighted by molar-refractivity contribution is 6.05. The predicted molar refractivity (Wildman–Crippen MR) is 96.5 cm³/mol. The predicted octanol–water partition coefficient (Wildman–Crippen LogP) is 2.78. The van der Waals surface area contributed by atoms with Gasteiger partial charge in [-0.25, -0.2) is 0 Å². The van der Waals surface area contributed by atoms with Crippen LogP contribution < -0.4 is 5.32 Å². The number of carbonyl (C=O) groups is 2. The monoisotopic (exact) mass is 353 g/mol. The lowest BCUT2D eigenvalue weighted by atomic mass is 9.98. The third-order valence-electron chi connectivity index (χ3n) is 5.08. The fourth-order valence-corrected chi connectivity index (χ4v) is 3.39. The topological polar surface area (TPSA) is 75.4 Å². The third kappa shape index (κ3) is 3.42. The molecule has 0 radical (unpaired) electrons. The molecule has 26 heavy (non-hydrogen) atoms. The van der Waals surface area contributed by atoms with Crippen LogP contribution in [-0.4, -0.2) is 41.0 Å². The number of imide groups is 1. The van der Waals surface area contributed by atoms with Gasteiger partial charge >= 0.3 is 0 Å². The van der Waals surface area contributed by atoms with Gasteiger partial charge in [-0.05, 0) is 39.2 Å². The number of nitrogens with one attached hydrogen (secondary N) is 1.